The molecule has 0 saturated heterocycles. The highest BCUT2D eigenvalue weighted by molar-refractivity contribution is 5.82. The largest absolute Gasteiger partial charge is 0.481 e. The van der Waals surface area contributed by atoms with Gasteiger partial charge in [0.2, 0.25) is 0 Å². The minimum absolute atomic E-state index is 0.562. The van der Waals surface area contributed by atoms with E-state index in [-0.39, 0.29) is 0 Å². The number of carbonyl (C=O) groups excluding carboxylic acids is 2. The first-order valence-electron chi connectivity index (χ1n) is 4.59. The van der Waals surface area contributed by atoms with Gasteiger partial charge < -0.3 is 9.84 Å². The predicted octanol–water partition coefficient (Wildman–Crippen LogP) is 1.27. The zero-order valence-corrected chi connectivity index (χ0v) is 9.91. The van der Waals surface area contributed by atoms with E-state index in [9.17, 15) is 9.59 Å². The van der Waals surface area contributed by atoms with Gasteiger partial charge in [0.15, 0.2) is 0 Å². The molecule has 0 amide bonds. The number of carbonyl (C=O) groups is 3. The second-order valence-corrected chi connectivity index (χ2v) is 2.63. The number of hydrogen-bond donors (Lipinski definition) is 1. The molecule has 0 bridgehead atoms. The van der Waals surface area contributed by atoms with Crippen LogP contribution in [0, 0.1) is 0 Å². The molecule has 0 spiro atoms. The molecule has 1 rings (SSSR count). The number of esters is 2. The summed E-state index contributed by atoms with van der Waals surface area (Å²) >= 11 is 0. The average Bonchev–Trinajstić information content (AvgIpc) is 2.18. The van der Waals surface area contributed by atoms with Crippen LogP contribution in [0.25, 0.3) is 0 Å². The van der Waals surface area contributed by atoms with Crippen LogP contribution >= 0.6 is 0 Å². The van der Waals surface area contributed by atoms with E-state index in [0.29, 0.717) is 0 Å². The fourth-order valence-electron chi connectivity index (χ4n) is 0.515. The van der Waals surface area contributed by atoms with E-state index < -0.39 is 17.9 Å². The van der Waals surface area contributed by atoms with E-state index in [1.165, 1.54) is 13.8 Å². The van der Waals surface area contributed by atoms with Gasteiger partial charge in [-0.05, 0) is 12.1 Å². The van der Waals surface area contributed by atoms with Gasteiger partial charge in [-0.3, -0.25) is 19.4 Å². The van der Waals surface area contributed by atoms with Crippen LogP contribution in [0.4, 0.5) is 0 Å². The van der Waals surface area contributed by atoms with Crippen LogP contribution < -0.4 is 0 Å². The van der Waals surface area contributed by atoms with Crippen molar-refractivity contribution in [3.63, 3.8) is 0 Å². The van der Waals surface area contributed by atoms with Crippen molar-refractivity contribution in [1.82, 2.24) is 4.98 Å². The molecule has 0 unspecified atom stereocenters. The van der Waals surface area contributed by atoms with Gasteiger partial charge in [-0.15, -0.1) is 0 Å². The van der Waals surface area contributed by atoms with Gasteiger partial charge in [-0.25, -0.2) is 0 Å². The molecule has 0 aliphatic rings. The molecule has 17 heavy (non-hydrogen) atoms. The summed E-state index contributed by atoms with van der Waals surface area (Å²) in [7, 11) is 0. The van der Waals surface area contributed by atoms with Gasteiger partial charge in [0.05, 0.1) is 0 Å². The second-order valence-electron chi connectivity index (χ2n) is 2.63. The van der Waals surface area contributed by atoms with Crippen LogP contribution in [-0.2, 0) is 19.1 Å². The Kier molecular flexibility index (Phi) is 11.9. The monoisotopic (exact) mass is 241 g/mol. The SMILES string of the molecule is CC(=O)O.CC(=O)OC(C)=O.c1ccncc1. The molecule has 6 heteroatoms. The first-order chi connectivity index (χ1) is 7.86. The van der Waals surface area contributed by atoms with E-state index in [1.807, 2.05) is 18.2 Å². The molecule has 1 aromatic heterocycles. The maximum absolute atomic E-state index is 9.81. The normalized spacial score (nSPS) is 7.47. The summed E-state index contributed by atoms with van der Waals surface area (Å²) in [6, 6.07) is 5.72. The molecule has 0 fully saturated rings. The van der Waals surface area contributed by atoms with Crippen molar-refractivity contribution in [1.29, 1.82) is 0 Å². The number of ether oxygens (including phenoxy) is 1. The summed E-state index contributed by atoms with van der Waals surface area (Å²) in [6.45, 7) is 3.45. The minimum Gasteiger partial charge on any atom is -0.481 e. The first kappa shape index (κ1) is 17.2. The zero-order valence-electron chi connectivity index (χ0n) is 9.91. The molecule has 0 aliphatic heterocycles. The zero-order chi connectivity index (χ0) is 13.7. The molecule has 0 aromatic carbocycles. The minimum atomic E-state index is -0.833. The Balaban J connectivity index is 0. The number of aromatic nitrogens is 1. The smallest absolute Gasteiger partial charge is 0.310 e. The standard InChI is InChI=1S/C5H5N.C4H6O3.C2H4O2/c1-2-4-6-5-3-1;1-3(5)7-4(2)6;1-2(3)4/h1-5H;1-2H3;1H3,(H,3,4). The molecule has 1 heterocycles. The summed E-state index contributed by atoms with van der Waals surface area (Å²) in [5, 5.41) is 7.42. The van der Waals surface area contributed by atoms with Gasteiger partial charge in [0.1, 0.15) is 0 Å². The lowest BCUT2D eigenvalue weighted by atomic mass is 10.5. The number of hydrogen-bond acceptors (Lipinski definition) is 5. The van der Waals surface area contributed by atoms with Gasteiger partial charge in [-0.1, -0.05) is 6.07 Å². The van der Waals surface area contributed by atoms with Gasteiger partial charge >= 0.3 is 11.9 Å². The van der Waals surface area contributed by atoms with Crippen LogP contribution in [0.2, 0.25) is 0 Å². The molecule has 0 radical (unpaired) electrons. The Morgan fingerprint density at radius 3 is 1.35 bits per heavy atom. The number of rotatable bonds is 0. The van der Waals surface area contributed by atoms with E-state index >= 15 is 0 Å². The third-order valence-electron chi connectivity index (χ3n) is 0.854. The molecular weight excluding hydrogens is 226 g/mol. The van der Waals surface area contributed by atoms with Crippen molar-refractivity contribution in [2.45, 2.75) is 20.8 Å². The highest BCUT2D eigenvalue weighted by Crippen LogP contribution is 1.74. The Hall–Kier alpha value is -2.24. The molecule has 0 atom stereocenters. The lowest BCUT2D eigenvalue weighted by Gasteiger charge is -1.87. The lowest BCUT2D eigenvalue weighted by molar-refractivity contribution is -0.156. The highest BCUT2D eigenvalue weighted by atomic mass is 16.6. The Bertz CT molecular complexity index is 294. The lowest BCUT2D eigenvalue weighted by Crippen LogP contribution is -2.03. The van der Waals surface area contributed by atoms with Gasteiger partial charge in [-0.2, -0.15) is 0 Å². The van der Waals surface area contributed by atoms with Crippen molar-refractivity contribution in [3.8, 4) is 0 Å². The van der Waals surface area contributed by atoms with Crippen molar-refractivity contribution < 1.29 is 24.2 Å². The summed E-state index contributed by atoms with van der Waals surface area (Å²) in [4.78, 5) is 32.4. The summed E-state index contributed by atoms with van der Waals surface area (Å²) in [5.74, 6) is -1.96. The Morgan fingerprint density at radius 1 is 0.941 bits per heavy atom. The molecule has 94 valence electrons. The number of aliphatic carboxylic acids is 1. The number of pyridine rings is 1. The second kappa shape index (κ2) is 11.8. The Labute approximate surface area is 99.2 Å². The summed E-state index contributed by atoms with van der Waals surface area (Å²) in [6.07, 6.45) is 3.50. The first-order valence-corrected chi connectivity index (χ1v) is 4.59. The molecule has 6 nitrogen and oxygen atoms in total. The van der Waals surface area contributed by atoms with Crippen LogP contribution in [0.15, 0.2) is 30.6 Å². The summed E-state index contributed by atoms with van der Waals surface area (Å²) < 4.78 is 3.97. The fraction of sp³-hybridized carbons (Fsp3) is 0.273. The topological polar surface area (TPSA) is 93.6 Å². The van der Waals surface area contributed by atoms with E-state index in [2.05, 4.69) is 9.72 Å². The van der Waals surface area contributed by atoms with Crippen molar-refractivity contribution in [2.75, 3.05) is 0 Å². The van der Waals surface area contributed by atoms with E-state index in [4.69, 9.17) is 9.90 Å². The van der Waals surface area contributed by atoms with Crippen LogP contribution in [0.3, 0.4) is 0 Å². The van der Waals surface area contributed by atoms with E-state index in [1.54, 1.807) is 12.4 Å². The molecular formula is C11H15NO5. The molecule has 1 N–H and O–H groups in total. The summed E-state index contributed by atoms with van der Waals surface area (Å²) in [5.41, 5.74) is 0. The molecule has 0 saturated carbocycles. The van der Waals surface area contributed by atoms with Gasteiger partial charge in [0, 0.05) is 33.2 Å². The van der Waals surface area contributed by atoms with E-state index in [0.717, 1.165) is 6.92 Å². The maximum atomic E-state index is 9.81. The number of nitrogens with zero attached hydrogens (tertiary/aromatic N) is 1. The third-order valence-corrected chi connectivity index (χ3v) is 0.854. The third kappa shape index (κ3) is 31.6. The van der Waals surface area contributed by atoms with Crippen molar-refractivity contribution >= 4 is 17.9 Å². The average molecular weight is 241 g/mol. The van der Waals surface area contributed by atoms with Crippen molar-refractivity contribution in [2.24, 2.45) is 0 Å². The number of carboxylic acids is 1. The van der Waals surface area contributed by atoms with Crippen LogP contribution in [-0.4, -0.2) is 28.0 Å². The Morgan fingerprint density at radius 2 is 1.29 bits per heavy atom. The van der Waals surface area contributed by atoms with Crippen molar-refractivity contribution in [3.05, 3.63) is 30.6 Å². The fourth-order valence-corrected chi connectivity index (χ4v) is 0.515. The molecule has 1 aromatic rings. The number of carboxylic acid groups (broad SMARTS) is 1. The quantitative estimate of drug-likeness (QED) is 0.543. The van der Waals surface area contributed by atoms with Gasteiger partial charge in [0.25, 0.3) is 5.97 Å². The predicted molar refractivity (Wildman–Crippen MR) is 60.0 cm³/mol. The molecule has 0 aliphatic carbocycles. The highest BCUT2D eigenvalue weighted by Gasteiger charge is 1.93. The maximum Gasteiger partial charge on any atom is 0.310 e. The van der Waals surface area contributed by atoms with Crippen LogP contribution in [0.1, 0.15) is 20.8 Å². The van der Waals surface area contributed by atoms with Crippen LogP contribution in [0.5, 0.6) is 0 Å².